The molecule has 25 heavy (non-hydrogen) atoms. The first-order valence-electron chi connectivity index (χ1n) is 9.39. The van der Waals surface area contributed by atoms with Crippen LogP contribution in [0.5, 0.6) is 5.75 Å². The molecule has 0 heterocycles. The van der Waals surface area contributed by atoms with E-state index < -0.39 is 5.60 Å². The van der Waals surface area contributed by atoms with Gasteiger partial charge in [0.15, 0.2) is 0 Å². The molecule has 0 aliphatic heterocycles. The van der Waals surface area contributed by atoms with Crippen molar-refractivity contribution in [2.75, 3.05) is 13.2 Å². The van der Waals surface area contributed by atoms with E-state index in [-0.39, 0.29) is 11.4 Å². The number of benzene rings is 1. The van der Waals surface area contributed by atoms with Crippen molar-refractivity contribution in [2.45, 2.75) is 56.6 Å². The van der Waals surface area contributed by atoms with Gasteiger partial charge in [-0.2, -0.15) is 0 Å². The van der Waals surface area contributed by atoms with Crippen molar-refractivity contribution in [1.29, 1.82) is 0 Å². The molecule has 4 fully saturated rings. The van der Waals surface area contributed by atoms with E-state index in [9.17, 15) is 9.90 Å². The van der Waals surface area contributed by atoms with Crippen molar-refractivity contribution in [3.63, 3.8) is 0 Å². The molecule has 5 nitrogen and oxygen atoms in total. The van der Waals surface area contributed by atoms with Crippen LogP contribution >= 0.6 is 0 Å². The topological polar surface area (TPSA) is 84.6 Å². The van der Waals surface area contributed by atoms with Crippen molar-refractivity contribution in [3.8, 4) is 5.75 Å². The Balaban J connectivity index is 1.57. The highest BCUT2D eigenvalue weighted by Gasteiger charge is 2.57. The van der Waals surface area contributed by atoms with Gasteiger partial charge in [0.2, 0.25) is 0 Å². The van der Waals surface area contributed by atoms with Gasteiger partial charge in [0, 0.05) is 12.1 Å². The van der Waals surface area contributed by atoms with E-state index in [4.69, 9.17) is 10.5 Å². The van der Waals surface area contributed by atoms with E-state index in [1.165, 1.54) is 6.42 Å². The predicted octanol–water partition coefficient (Wildman–Crippen LogP) is 2.15. The van der Waals surface area contributed by atoms with Crippen LogP contribution in [-0.4, -0.2) is 35.3 Å². The van der Waals surface area contributed by atoms with E-state index in [0.717, 1.165) is 31.2 Å². The van der Waals surface area contributed by atoms with Crippen LogP contribution in [-0.2, 0) is 0 Å². The molecule has 4 aliphatic carbocycles. The fourth-order valence-electron chi connectivity index (χ4n) is 5.78. The van der Waals surface area contributed by atoms with E-state index in [1.807, 2.05) is 25.1 Å². The average Bonchev–Trinajstić information content (AvgIpc) is 2.50. The smallest absolute Gasteiger partial charge is 0.255 e. The Kier molecular flexibility index (Phi) is 4.04. The second-order valence-electron chi connectivity index (χ2n) is 8.56. The maximum absolute atomic E-state index is 13.1. The highest BCUT2D eigenvalue weighted by atomic mass is 16.5. The van der Waals surface area contributed by atoms with E-state index in [0.29, 0.717) is 42.7 Å². The zero-order chi connectivity index (χ0) is 17.7. The van der Waals surface area contributed by atoms with Crippen molar-refractivity contribution < 1.29 is 14.6 Å². The molecular formula is C20H28N2O3. The summed E-state index contributed by atoms with van der Waals surface area (Å²) in [6.07, 6.45) is 5.66. The number of nitrogens with one attached hydrogen (secondary N) is 1. The highest BCUT2D eigenvalue weighted by molar-refractivity contribution is 5.97. The van der Waals surface area contributed by atoms with Crippen LogP contribution in [0.4, 0.5) is 0 Å². The third kappa shape index (κ3) is 3.15. The number of amides is 1. The third-order valence-electron chi connectivity index (χ3n) is 6.16. The van der Waals surface area contributed by atoms with Crippen LogP contribution < -0.4 is 15.8 Å². The van der Waals surface area contributed by atoms with E-state index in [1.54, 1.807) is 0 Å². The van der Waals surface area contributed by atoms with Crippen molar-refractivity contribution >= 4 is 5.91 Å². The molecule has 0 radical (unpaired) electrons. The fraction of sp³-hybridized carbons (Fsp3) is 0.650. The number of aliphatic hydroxyl groups is 1. The van der Waals surface area contributed by atoms with E-state index >= 15 is 0 Å². The Morgan fingerprint density at radius 2 is 2.04 bits per heavy atom. The summed E-state index contributed by atoms with van der Waals surface area (Å²) in [4.78, 5) is 13.1. The van der Waals surface area contributed by atoms with Crippen LogP contribution in [0.1, 0.15) is 54.4 Å². The van der Waals surface area contributed by atoms with Crippen LogP contribution in [0, 0.1) is 18.8 Å². The highest BCUT2D eigenvalue weighted by Crippen LogP contribution is 2.57. The van der Waals surface area contributed by atoms with Gasteiger partial charge in [-0.15, -0.1) is 0 Å². The van der Waals surface area contributed by atoms with Gasteiger partial charge in [-0.1, -0.05) is 11.6 Å². The monoisotopic (exact) mass is 344 g/mol. The maximum Gasteiger partial charge on any atom is 0.255 e. The van der Waals surface area contributed by atoms with Crippen LogP contribution in [0.3, 0.4) is 0 Å². The number of rotatable bonds is 5. The normalized spacial score (nSPS) is 35.6. The third-order valence-corrected chi connectivity index (χ3v) is 6.16. The zero-order valence-electron chi connectivity index (χ0n) is 14.9. The van der Waals surface area contributed by atoms with Gasteiger partial charge in [0.1, 0.15) is 12.4 Å². The quantitative estimate of drug-likeness (QED) is 0.764. The molecular weight excluding hydrogens is 316 g/mol. The van der Waals surface area contributed by atoms with Crippen molar-refractivity contribution in [3.05, 3.63) is 29.3 Å². The first-order chi connectivity index (χ1) is 11.9. The standard InChI is InChI=1S/C20H28N2O3/c1-13-2-3-17(25-5-4-21)16(6-13)18(23)22-19-8-14-7-15(9-19)11-20(24,10-14)12-19/h2-3,6,14-15,24H,4-5,7-12,21H2,1H3,(H,22,23)/t14-,15-,19?,20?/m1/s1. The molecule has 1 aromatic rings. The Hall–Kier alpha value is -1.59. The Bertz CT molecular complexity index is 674. The lowest BCUT2D eigenvalue weighted by Gasteiger charge is -2.60. The van der Waals surface area contributed by atoms with Crippen molar-refractivity contribution in [2.24, 2.45) is 17.6 Å². The number of hydrogen-bond acceptors (Lipinski definition) is 4. The lowest BCUT2D eigenvalue weighted by Crippen LogP contribution is -2.65. The van der Waals surface area contributed by atoms with Gasteiger partial charge in [0.05, 0.1) is 11.2 Å². The van der Waals surface area contributed by atoms with Crippen LogP contribution in [0.25, 0.3) is 0 Å². The summed E-state index contributed by atoms with van der Waals surface area (Å²) in [5.41, 5.74) is 6.28. The van der Waals surface area contributed by atoms with Crippen molar-refractivity contribution in [1.82, 2.24) is 5.32 Å². The molecule has 1 aromatic carbocycles. The predicted molar refractivity (Wildman–Crippen MR) is 95.6 cm³/mol. The molecule has 0 unspecified atom stereocenters. The van der Waals surface area contributed by atoms with Gasteiger partial charge in [-0.25, -0.2) is 0 Å². The molecule has 0 aromatic heterocycles. The minimum Gasteiger partial charge on any atom is -0.491 e. The molecule has 4 aliphatic rings. The summed E-state index contributed by atoms with van der Waals surface area (Å²) in [5, 5.41) is 14.2. The summed E-state index contributed by atoms with van der Waals surface area (Å²) in [6.45, 7) is 2.77. The number of ether oxygens (including phenoxy) is 1. The first-order valence-corrected chi connectivity index (χ1v) is 9.39. The lowest BCUT2D eigenvalue weighted by atomic mass is 9.51. The second kappa shape index (κ2) is 5.99. The number of nitrogens with two attached hydrogens (primary N) is 1. The summed E-state index contributed by atoms with van der Waals surface area (Å²) < 4.78 is 5.67. The molecule has 136 valence electrons. The Morgan fingerprint density at radius 3 is 2.68 bits per heavy atom. The maximum atomic E-state index is 13.1. The molecule has 4 bridgehead atoms. The largest absolute Gasteiger partial charge is 0.491 e. The average molecular weight is 344 g/mol. The summed E-state index contributed by atoms with van der Waals surface area (Å²) in [5.74, 6) is 1.56. The molecule has 4 N–H and O–H groups in total. The van der Waals surface area contributed by atoms with E-state index in [2.05, 4.69) is 5.32 Å². The minimum atomic E-state index is -0.581. The Labute approximate surface area is 148 Å². The van der Waals surface area contributed by atoms with Crippen LogP contribution in [0.2, 0.25) is 0 Å². The molecule has 2 atom stereocenters. The molecule has 5 rings (SSSR count). The molecule has 0 spiro atoms. The number of aryl methyl sites for hydroxylation is 1. The van der Waals surface area contributed by atoms with Crippen LogP contribution in [0.15, 0.2) is 18.2 Å². The lowest BCUT2D eigenvalue weighted by molar-refractivity contribution is -0.139. The molecule has 4 saturated carbocycles. The van der Waals surface area contributed by atoms with Gasteiger partial charge >= 0.3 is 0 Å². The van der Waals surface area contributed by atoms with Gasteiger partial charge < -0.3 is 20.9 Å². The number of hydrogen-bond donors (Lipinski definition) is 3. The molecule has 5 heteroatoms. The Morgan fingerprint density at radius 1 is 1.32 bits per heavy atom. The number of carbonyl (C=O) groups is 1. The SMILES string of the molecule is Cc1ccc(OCCN)c(C(=O)NC23C[C@H]4C[C@@H](CC(O)(C4)C2)C3)c1. The molecule has 1 amide bonds. The van der Waals surface area contributed by atoms with Gasteiger partial charge in [-0.05, 0) is 69.4 Å². The summed E-state index contributed by atoms with van der Waals surface area (Å²) in [6, 6.07) is 5.65. The summed E-state index contributed by atoms with van der Waals surface area (Å²) in [7, 11) is 0. The number of carbonyl (C=O) groups excluding carboxylic acids is 1. The first kappa shape index (κ1) is 16.9. The van der Waals surface area contributed by atoms with Gasteiger partial charge in [0.25, 0.3) is 5.91 Å². The fourth-order valence-corrected chi connectivity index (χ4v) is 5.78. The molecule has 0 saturated heterocycles. The minimum absolute atomic E-state index is 0.0960. The summed E-state index contributed by atoms with van der Waals surface area (Å²) >= 11 is 0. The van der Waals surface area contributed by atoms with Gasteiger partial charge in [-0.3, -0.25) is 4.79 Å². The zero-order valence-corrected chi connectivity index (χ0v) is 14.9. The second-order valence-corrected chi connectivity index (χ2v) is 8.56.